The minimum Gasteiger partial charge on any atom is -0.399 e. The SMILES string of the molecule is Cc1cc(-c2ccc(N)cc2)cnn1. The van der Waals surface area contributed by atoms with Gasteiger partial charge in [-0.3, -0.25) is 0 Å². The van der Waals surface area contributed by atoms with Gasteiger partial charge in [0.05, 0.1) is 11.9 Å². The van der Waals surface area contributed by atoms with E-state index in [0.29, 0.717) is 0 Å². The smallest absolute Gasteiger partial charge is 0.0606 e. The van der Waals surface area contributed by atoms with Gasteiger partial charge in [0.1, 0.15) is 0 Å². The first-order valence-corrected chi connectivity index (χ1v) is 4.41. The van der Waals surface area contributed by atoms with Crippen LogP contribution < -0.4 is 5.73 Å². The third kappa shape index (κ3) is 1.71. The van der Waals surface area contributed by atoms with E-state index < -0.39 is 0 Å². The van der Waals surface area contributed by atoms with Crippen LogP contribution in [0, 0.1) is 6.92 Å². The number of nitrogens with zero attached hydrogens (tertiary/aromatic N) is 2. The molecule has 0 fully saturated rings. The van der Waals surface area contributed by atoms with E-state index in [4.69, 9.17) is 5.73 Å². The Morgan fingerprint density at radius 2 is 1.79 bits per heavy atom. The third-order valence-electron chi connectivity index (χ3n) is 2.02. The van der Waals surface area contributed by atoms with Crippen LogP contribution in [0.3, 0.4) is 0 Å². The minimum absolute atomic E-state index is 0.771. The molecular weight excluding hydrogens is 174 g/mol. The molecule has 1 heterocycles. The van der Waals surface area contributed by atoms with E-state index >= 15 is 0 Å². The summed E-state index contributed by atoms with van der Waals surface area (Å²) in [5.74, 6) is 0. The highest BCUT2D eigenvalue weighted by Gasteiger charge is 1.98. The van der Waals surface area contributed by atoms with Crippen molar-refractivity contribution in [2.75, 3.05) is 5.73 Å². The Bertz CT molecular complexity index is 435. The van der Waals surface area contributed by atoms with Crippen molar-refractivity contribution in [1.29, 1.82) is 0 Å². The average Bonchev–Trinajstić information content (AvgIpc) is 2.19. The second kappa shape index (κ2) is 3.46. The van der Waals surface area contributed by atoms with Crippen LogP contribution >= 0.6 is 0 Å². The summed E-state index contributed by atoms with van der Waals surface area (Å²) < 4.78 is 0. The van der Waals surface area contributed by atoms with E-state index in [1.165, 1.54) is 0 Å². The lowest BCUT2D eigenvalue weighted by molar-refractivity contribution is 0.983. The second-order valence-corrected chi connectivity index (χ2v) is 3.21. The Balaban J connectivity index is 2.44. The van der Waals surface area contributed by atoms with E-state index in [1.54, 1.807) is 6.20 Å². The molecule has 0 amide bonds. The second-order valence-electron chi connectivity index (χ2n) is 3.21. The van der Waals surface area contributed by atoms with Crippen molar-refractivity contribution in [1.82, 2.24) is 10.2 Å². The minimum atomic E-state index is 0.771. The quantitative estimate of drug-likeness (QED) is 0.691. The van der Waals surface area contributed by atoms with Crippen LogP contribution in [0.25, 0.3) is 11.1 Å². The Kier molecular flexibility index (Phi) is 2.14. The van der Waals surface area contributed by atoms with Gasteiger partial charge in [0, 0.05) is 11.3 Å². The molecule has 0 spiro atoms. The summed E-state index contributed by atoms with van der Waals surface area (Å²) in [4.78, 5) is 0. The van der Waals surface area contributed by atoms with Gasteiger partial charge in [-0.1, -0.05) is 12.1 Å². The van der Waals surface area contributed by atoms with Crippen molar-refractivity contribution in [2.45, 2.75) is 6.92 Å². The molecule has 2 aromatic rings. The average molecular weight is 185 g/mol. The van der Waals surface area contributed by atoms with Crippen LogP contribution in [0.15, 0.2) is 36.5 Å². The number of rotatable bonds is 1. The van der Waals surface area contributed by atoms with Crippen molar-refractivity contribution < 1.29 is 0 Å². The standard InChI is InChI=1S/C11H11N3/c1-8-6-10(7-13-14-8)9-2-4-11(12)5-3-9/h2-7H,12H2,1H3. The van der Waals surface area contributed by atoms with Gasteiger partial charge >= 0.3 is 0 Å². The fraction of sp³-hybridized carbons (Fsp3) is 0.0909. The number of aromatic nitrogens is 2. The predicted octanol–water partition coefficient (Wildman–Crippen LogP) is 2.03. The highest BCUT2D eigenvalue weighted by molar-refractivity contribution is 5.64. The zero-order valence-electron chi connectivity index (χ0n) is 7.94. The predicted molar refractivity (Wildman–Crippen MR) is 56.6 cm³/mol. The van der Waals surface area contributed by atoms with E-state index in [2.05, 4.69) is 10.2 Å². The maximum Gasteiger partial charge on any atom is 0.0606 e. The summed E-state index contributed by atoms with van der Waals surface area (Å²) in [6, 6.07) is 9.71. The van der Waals surface area contributed by atoms with Gasteiger partial charge in [0.25, 0.3) is 0 Å². The van der Waals surface area contributed by atoms with Crippen LogP contribution in [0.4, 0.5) is 5.69 Å². The molecular formula is C11H11N3. The summed E-state index contributed by atoms with van der Waals surface area (Å²) in [6.45, 7) is 1.92. The number of nitrogens with two attached hydrogens (primary N) is 1. The van der Waals surface area contributed by atoms with Crippen LogP contribution in [0.5, 0.6) is 0 Å². The zero-order valence-corrected chi connectivity index (χ0v) is 7.94. The third-order valence-corrected chi connectivity index (χ3v) is 2.02. The number of hydrogen-bond donors (Lipinski definition) is 1. The van der Waals surface area contributed by atoms with Gasteiger partial charge in [-0.05, 0) is 30.7 Å². The molecule has 1 aromatic heterocycles. The monoisotopic (exact) mass is 185 g/mol. The highest BCUT2D eigenvalue weighted by atomic mass is 15.1. The zero-order chi connectivity index (χ0) is 9.97. The maximum atomic E-state index is 5.61. The largest absolute Gasteiger partial charge is 0.399 e. The topological polar surface area (TPSA) is 51.8 Å². The van der Waals surface area contributed by atoms with Gasteiger partial charge in [-0.2, -0.15) is 10.2 Å². The molecule has 0 atom stereocenters. The molecule has 2 N–H and O–H groups in total. The van der Waals surface area contributed by atoms with E-state index in [-0.39, 0.29) is 0 Å². The van der Waals surface area contributed by atoms with Crippen LogP contribution in [-0.4, -0.2) is 10.2 Å². The van der Waals surface area contributed by atoms with Gasteiger partial charge in [-0.15, -0.1) is 0 Å². The maximum absolute atomic E-state index is 5.61. The van der Waals surface area contributed by atoms with Crippen molar-refractivity contribution in [3.8, 4) is 11.1 Å². The Labute approximate surface area is 82.6 Å². The molecule has 0 unspecified atom stereocenters. The number of benzene rings is 1. The van der Waals surface area contributed by atoms with Crippen LogP contribution in [0.2, 0.25) is 0 Å². The first kappa shape index (κ1) is 8.69. The summed E-state index contributed by atoms with van der Waals surface area (Å²) in [5.41, 5.74) is 9.47. The lowest BCUT2D eigenvalue weighted by Crippen LogP contribution is -1.88. The lowest BCUT2D eigenvalue weighted by Gasteiger charge is -2.01. The van der Waals surface area contributed by atoms with Gasteiger partial charge < -0.3 is 5.73 Å². The normalized spacial score (nSPS) is 10.1. The Morgan fingerprint density at radius 3 is 2.43 bits per heavy atom. The summed E-state index contributed by atoms with van der Waals surface area (Å²) in [6.07, 6.45) is 1.75. The van der Waals surface area contributed by atoms with Crippen molar-refractivity contribution in [2.24, 2.45) is 0 Å². The van der Waals surface area contributed by atoms with Crippen molar-refractivity contribution in [3.05, 3.63) is 42.2 Å². The highest BCUT2D eigenvalue weighted by Crippen LogP contribution is 2.19. The van der Waals surface area contributed by atoms with E-state index in [9.17, 15) is 0 Å². The molecule has 0 aliphatic carbocycles. The number of anilines is 1. The molecule has 0 radical (unpaired) electrons. The molecule has 0 saturated heterocycles. The molecule has 3 nitrogen and oxygen atoms in total. The van der Waals surface area contributed by atoms with Crippen molar-refractivity contribution in [3.63, 3.8) is 0 Å². The number of nitrogen functional groups attached to an aromatic ring is 1. The molecule has 0 aliphatic rings. The first-order valence-electron chi connectivity index (χ1n) is 4.41. The van der Waals surface area contributed by atoms with Gasteiger partial charge in [0.15, 0.2) is 0 Å². The fourth-order valence-electron chi connectivity index (χ4n) is 1.31. The summed E-state index contributed by atoms with van der Waals surface area (Å²) in [5, 5.41) is 7.81. The molecule has 2 rings (SSSR count). The summed E-state index contributed by atoms with van der Waals surface area (Å²) >= 11 is 0. The molecule has 0 bridgehead atoms. The van der Waals surface area contributed by atoms with Gasteiger partial charge in [-0.25, -0.2) is 0 Å². The van der Waals surface area contributed by atoms with Gasteiger partial charge in [0.2, 0.25) is 0 Å². The van der Waals surface area contributed by atoms with E-state index in [1.807, 2.05) is 37.3 Å². The molecule has 70 valence electrons. The number of hydrogen-bond acceptors (Lipinski definition) is 3. The molecule has 0 aliphatic heterocycles. The molecule has 3 heteroatoms. The van der Waals surface area contributed by atoms with E-state index in [0.717, 1.165) is 22.5 Å². The summed E-state index contributed by atoms with van der Waals surface area (Å²) in [7, 11) is 0. The number of aryl methyl sites for hydroxylation is 1. The Hall–Kier alpha value is -1.90. The molecule has 1 aromatic carbocycles. The van der Waals surface area contributed by atoms with Crippen LogP contribution in [-0.2, 0) is 0 Å². The fourth-order valence-corrected chi connectivity index (χ4v) is 1.31. The molecule has 0 saturated carbocycles. The lowest BCUT2D eigenvalue weighted by atomic mass is 10.1. The van der Waals surface area contributed by atoms with Crippen LogP contribution in [0.1, 0.15) is 5.69 Å². The Morgan fingerprint density at radius 1 is 1.07 bits per heavy atom. The molecule has 14 heavy (non-hydrogen) atoms. The van der Waals surface area contributed by atoms with Crippen molar-refractivity contribution >= 4 is 5.69 Å². The first-order chi connectivity index (χ1) is 6.75.